The summed E-state index contributed by atoms with van der Waals surface area (Å²) in [6.45, 7) is 2.77. The third kappa shape index (κ3) is 5.28. The van der Waals surface area contributed by atoms with E-state index < -0.39 is 5.91 Å². The number of hydrogen-bond donors (Lipinski definition) is 3. The molecule has 194 valence electrons. The number of amides is 2. The molecule has 0 unspecified atom stereocenters. The number of nitrogens with two attached hydrogens (primary N) is 1. The molecule has 0 aliphatic carbocycles. The van der Waals surface area contributed by atoms with E-state index >= 15 is 0 Å². The lowest BCUT2D eigenvalue weighted by atomic mass is 9.97. The van der Waals surface area contributed by atoms with Crippen molar-refractivity contribution in [2.45, 2.75) is 31.8 Å². The largest absolute Gasteiger partial charge is 0.364 e. The molecule has 0 spiro atoms. The Bertz CT molecular complexity index is 1440. The van der Waals surface area contributed by atoms with E-state index in [1.165, 1.54) is 0 Å². The fraction of sp³-hybridized carbons (Fsp3) is 0.269. The van der Waals surface area contributed by atoms with E-state index in [2.05, 4.69) is 40.6 Å². The van der Waals surface area contributed by atoms with E-state index in [1.807, 2.05) is 19.1 Å². The molecule has 4 heterocycles. The van der Waals surface area contributed by atoms with Gasteiger partial charge in [0.1, 0.15) is 5.82 Å². The zero-order valence-corrected chi connectivity index (χ0v) is 21.1. The van der Waals surface area contributed by atoms with Crippen LogP contribution in [-0.2, 0) is 7.05 Å². The van der Waals surface area contributed by atoms with Crippen LogP contribution >= 0.6 is 0 Å². The molecule has 38 heavy (non-hydrogen) atoms. The van der Waals surface area contributed by atoms with Crippen LogP contribution in [0.2, 0.25) is 0 Å². The topological polar surface area (TPSA) is 157 Å². The Hall–Kier alpha value is -4.87. The summed E-state index contributed by atoms with van der Waals surface area (Å²) in [4.78, 5) is 44.6. The van der Waals surface area contributed by atoms with Crippen molar-refractivity contribution in [1.29, 1.82) is 0 Å². The second kappa shape index (κ2) is 10.6. The molecule has 1 aromatic carbocycles. The number of benzene rings is 1. The maximum atomic E-state index is 13.1. The molecule has 5 rings (SSSR count). The number of anilines is 3. The van der Waals surface area contributed by atoms with Crippen LogP contribution in [-0.4, -0.2) is 60.2 Å². The summed E-state index contributed by atoms with van der Waals surface area (Å²) in [6, 6.07) is 8.81. The maximum Gasteiger partial charge on any atom is 0.271 e. The van der Waals surface area contributed by atoms with E-state index in [0.717, 1.165) is 24.9 Å². The Morgan fingerprint density at radius 1 is 1.08 bits per heavy atom. The molecular formula is C26H28N10O2. The molecule has 0 saturated carbocycles. The van der Waals surface area contributed by atoms with Crippen LogP contribution in [0.25, 0.3) is 11.4 Å². The number of rotatable bonds is 7. The number of carbonyl (C=O) groups is 2. The number of aromatic nitrogens is 6. The predicted octanol–water partition coefficient (Wildman–Crippen LogP) is 2.30. The van der Waals surface area contributed by atoms with Gasteiger partial charge >= 0.3 is 0 Å². The van der Waals surface area contributed by atoms with E-state index in [0.29, 0.717) is 22.9 Å². The minimum Gasteiger partial charge on any atom is -0.364 e. The number of nitrogens with zero attached hydrogens (tertiary/aromatic N) is 7. The molecule has 2 atom stereocenters. The number of piperidine rings is 1. The van der Waals surface area contributed by atoms with Crippen LogP contribution in [0.1, 0.15) is 40.6 Å². The zero-order valence-electron chi connectivity index (χ0n) is 21.1. The van der Waals surface area contributed by atoms with Crippen LogP contribution in [0.5, 0.6) is 0 Å². The van der Waals surface area contributed by atoms with Crippen molar-refractivity contribution < 1.29 is 9.59 Å². The van der Waals surface area contributed by atoms with E-state index in [4.69, 9.17) is 5.73 Å². The van der Waals surface area contributed by atoms with Gasteiger partial charge in [-0.25, -0.2) is 19.9 Å². The van der Waals surface area contributed by atoms with Crippen LogP contribution in [0.3, 0.4) is 0 Å². The van der Waals surface area contributed by atoms with Gasteiger partial charge in [0.2, 0.25) is 0 Å². The van der Waals surface area contributed by atoms with Gasteiger partial charge in [-0.15, -0.1) is 0 Å². The van der Waals surface area contributed by atoms with E-state index in [1.54, 1.807) is 60.9 Å². The molecule has 2 amide bonds. The van der Waals surface area contributed by atoms with Crippen molar-refractivity contribution in [3.63, 3.8) is 0 Å². The standard InChI is InChI=1S/C26H28N10O2/c1-16-20(33-26(38)18-8-6-17(7-9-18)24-28-10-4-11-29-24)5-3-12-36(16)21-14-30-22(23(27)37)25(34-21)32-19-13-31-35(2)15-19/h4,6-11,13-16,20H,3,5,12H2,1-2H3,(H2,27,37)(H,32,34)(H,33,38)/t16-,20-/m1/s1. The Labute approximate surface area is 219 Å². The lowest BCUT2D eigenvalue weighted by Crippen LogP contribution is -2.54. The van der Waals surface area contributed by atoms with Gasteiger partial charge < -0.3 is 21.3 Å². The summed E-state index contributed by atoms with van der Waals surface area (Å²) >= 11 is 0. The Morgan fingerprint density at radius 3 is 2.53 bits per heavy atom. The van der Waals surface area contributed by atoms with Crippen LogP contribution in [0, 0.1) is 0 Å². The molecule has 1 aliphatic rings. The summed E-state index contributed by atoms with van der Waals surface area (Å²) in [7, 11) is 1.79. The molecule has 3 aromatic heterocycles. The quantitative estimate of drug-likeness (QED) is 0.338. The van der Waals surface area contributed by atoms with Gasteiger partial charge in [0, 0.05) is 55.4 Å². The number of aryl methyl sites for hydroxylation is 1. The maximum absolute atomic E-state index is 13.1. The Kier molecular flexibility index (Phi) is 6.94. The lowest BCUT2D eigenvalue weighted by molar-refractivity contribution is 0.0923. The summed E-state index contributed by atoms with van der Waals surface area (Å²) in [5.41, 5.74) is 7.63. The highest BCUT2D eigenvalue weighted by Crippen LogP contribution is 2.27. The molecule has 4 N–H and O–H groups in total. The first-order chi connectivity index (χ1) is 18.4. The third-order valence-electron chi connectivity index (χ3n) is 6.53. The predicted molar refractivity (Wildman–Crippen MR) is 142 cm³/mol. The van der Waals surface area contributed by atoms with Gasteiger partial charge in [0.15, 0.2) is 17.3 Å². The monoisotopic (exact) mass is 512 g/mol. The van der Waals surface area contributed by atoms with Gasteiger partial charge in [0.05, 0.1) is 18.1 Å². The molecule has 0 bridgehead atoms. The van der Waals surface area contributed by atoms with Crippen LogP contribution in [0.15, 0.2) is 61.3 Å². The van der Waals surface area contributed by atoms with Gasteiger partial charge in [-0.3, -0.25) is 14.3 Å². The number of hydrogen-bond acceptors (Lipinski definition) is 9. The second-order valence-corrected chi connectivity index (χ2v) is 9.12. The van der Waals surface area contributed by atoms with Crippen molar-refractivity contribution in [2.75, 3.05) is 16.8 Å². The molecule has 1 fully saturated rings. The van der Waals surface area contributed by atoms with Crippen molar-refractivity contribution in [3.8, 4) is 11.4 Å². The molecule has 0 radical (unpaired) electrons. The average Bonchev–Trinajstić information content (AvgIpc) is 3.34. The summed E-state index contributed by atoms with van der Waals surface area (Å²) in [6.07, 6.45) is 9.96. The second-order valence-electron chi connectivity index (χ2n) is 9.12. The minimum absolute atomic E-state index is 0.0384. The van der Waals surface area contributed by atoms with Crippen LogP contribution in [0.4, 0.5) is 17.3 Å². The number of carbonyl (C=O) groups excluding carboxylic acids is 2. The normalized spacial score (nSPS) is 17.2. The SMILES string of the molecule is C[C@@H]1[C@H](NC(=O)c2ccc(-c3ncccn3)cc2)CCCN1c1cnc(C(N)=O)c(Nc2cnn(C)c2)n1. The molecule has 4 aromatic rings. The lowest BCUT2D eigenvalue weighted by Gasteiger charge is -2.40. The molecule has 1 saturated heterocycles. The number of nitrogens with one attached hydrogen (secondary N) is 2. The van der Waals surface area contributed by atoms with E-state index in [-0.39, 0.29) is 29.5 Å². The Balaban J connectivity index is 1.31. The van der Waals surface area contributed by atoms with Crippen molar-refractivity contribution in [3.05, 3.63) is 72.6 Å². The average molecular weight is 513 g/mol. The highest BCUT2D eigenvalue weighted by molar-refractivity contribution is 5.96. The number of primary amides is 1. The summed E-state index contributed by atoms with van der Waals surface area (Å²) in [5, 5.41) is 10.4. The molecular weight excluding hydrogens is 484 g/mol. The van der Waals surface area contributed by atoms with Gasteiger partial charge in [0.25, 0.3) is 11.8 Å². The first kappa shape index (κ1) is 24.8. The summed E-state index contributed by atoms with van der Waals surface area (Å²) < 4.78 is 1.63. The zero-order chi connectivity index (χ0) is 26.6. The molecule has 12 nitrogen and oxygen atoms in total. The molecule has 1 aliphatic heterocycles. The van der Waals surface area contributed by atoms with Crippen molar-refractivity contribution in [1.82, 2.24) is 35.0 Å². The highest BCUT2D eigenvalue weighted by Gasteiger charge is 2.31. The van der Waals surface area contributed by atoms with Crippen molar-refractivity contribution >= 4 is 29.1 Å². The van der Waals surface area contributed by atoms with Gasteiger partial charge in [-0.2, -0.15) is 5.10 Å². The van der Waals surface area contributed by atoms with Crippen LogP contribution < -0.4 is 21.3 Å². The van der Waals surface area contributed by atoms with Gasteiger partial charge in [-0.05, 0) is 38.0 Å². The van der Waals surface area contributed by atoms with Gasteiger partial charge in [-0.1, -0.05) is 12.1 Å². The Morgan fingerprint density at radius 2 is 1.84 bits per heavy atom. The van der Waals surface area contributed by atoms with Crippen molar-refractivity contribution in [2.24, 2.45) is 12.8 Å². The fourth-order valence-electron chi connectivity index (χ4n) is 4.54. The summed E-state index contributed by atoms with van der Waals surface area (Å²) in [5.74, 6) is 0.608. The van der Waals surface area contributed by atoms with E-state index in [9.17, 15) is 9.59 Å². The highest BCUT2D eigenvalue weighted by atomic mass is 16.2. The first-order valence-electron chi connectivity index (χ1n) is 12.3. The third-order valence-corrected chi connectivity index (χ3v) is 6.53. The first-order valence-corrected chi connectivity index (χ1v) is 12.3. The molecule has 12 heteroatoms. The smallest absolute Gasteiger partial charge is 0.271 e. The fourth-order valence-corrected chi connectivity index (χ4v) is 4.54. The minimum atomic E-state index is -0.683.